The lowest BCUT2D eigenvalue weighted by atomic mass is 10.0. The van der Waals surface area contributed by atoms with E-state index in [1.54, 1.807) is 12.1 Å². The molecule has 0 spiro atoms. The van der Waals surface area contributed by atoms with E-state index in [2.05, 4.69) is 9.64 Å². The predicted molar refractivity (Wildman–Crippen MR) is 76.9 cm³/mol. The van der Waals surface area contributed by atoms with Crippen molar-refractivity contribution < 1.29 is 27.4 Å². The molecular weight excluding hydrogens is 311 g/mol. The van der Waals surface area contributed by atoms with Gasteiger partial charge >= 0.3 is 6.36 Å². The lowest BCUT2D eigenvalue weighted by molar-refractivity contribution is -0.274. The van der Waals surface area contributed by atoms with Crippen molar-refractivity contribution in [2.75, 3.05) is 19.8 Å². The topological polar surface area (TPSA) is 30.9 Å². The summed E-state index contributed by atoms with van der Waals surface area (Å²) in [6.45, 7) is 2.85. The molecule has 0 aromatic heterocycles. The monoisotopic (exact) mass is 331 g/mol. The summed E-state index contributed by atoms with van der Waals surface area (Å²) in [4.78, 5) is 2.29. The molecular formula is C16H20F3NO3. The van der Waals surface area contributed by atoms with Gasteiger partial charge in [-0.25, -0.2) is 0 Å². The van der Waals surface area contributed by atoms with Crippen molar-refractivity contribution in [3.8, 4) is 5.75 Å². The molecule has 4 nitrogen and oxygen atoms in total. The second-order valence-corrected chi connectivity index (χ2v) is 5.84. The fourth-order valence-corrected chi connectivity index (χ4v) is 3.15. The van der Waals surface area contributed by atoms with Crippen LogP contribution in [0.1, 0.15) is 24.8 Å². The molecule has 1 aromatic rings. The Kier molecular flexibility index (Phi) is 5.08. The van der Waals surface area contributed by atoms with Crippen LogP contribution in [0.4, 0.5) is 13.2 Å². The molecule has 0 aliphatic carbocycles. The molecule has 23 heavy (non-hydrogen) atoms. The zero-order valence-corrected chi connectivity index (χ0v) is 12.7. The van der Waals surface area contributed by atoms with Crippen LogP contribution in [-0.2, 0) is 16.0 Å². The van der Waals surface area contributed by atoms with Gasteiger partial charge in [0, 0.05) is 6.54 Å². The van der Waals surface area contributed by atoms with Crippen LogP contribution in [-0.4, -0.2) is 43.4 Å². The Morgan fingerprint density at radius 2 is 1.78 bits per heavy atom. The zero-order chi connectivity index (χ0) is 16.3. The number of ether oxygens (including phenoxy) is 3. The van der Waals surface area contributed by atoms with Crippen LogP contribution >= 0.6 is 0 Å². The van der Waals surface area contributed by atoms with Crippen LogP contribution in [0, 0.1) is 0 Å². The summed E-state index contributed by atoms with van der Waals surface area (Å²) in [7, 11) is 0. The first-order chi connectivity index (χ1) is 11.0. The van der Waals surface area contributed by atoms with Gasteiger partial charge < -0.3 is 14.2 Å². The smallest absolute Gasteiger partial charge is 0.406 e. The van der Waals surface area contributed by atoms with Crippen LogP contribution in [0.15, 0.2) is 24.3 Å². The van der Waals surface area contributed by atoms with Crippen LogP contribution in [0.2, 0.25) is 0 Å². The molecule has 1 atom stereocenters. The Hall–Kier alpha value is -1.31. The Balaban J connectivity index is 1.62. The number of likely N-dealkylation sites (tertiary alicyclic amines) is 1. The number of hydrogen-bond donors (Lipinski definition) is 0. The van der Waals surface area contributed by atoms with Crippen LogP contribution in [0.3, 0.4) is 0 Å². The summed E-state index contributed by atoms with van der Waals surface area (Å²) in [6.07, 6.45) is -1.58. The molecule has 3 rings (SSSR count). The van der Waals surface area contributed by atoms with Gasteiger partial charge in [-0.1, -0.05) is 18.6 Å². The molecule has 128 valence electrons. The molecule has 1 aromatic carbocycles. The molecule has 2 heterocycles. The molecule has 2 aliphatic rings. The highest BCUT2D eigenvalue weighted by Crippen LogP contribution is 2.27. The second-order valence-electron chi connectivity index (χ2n) is 5.84. The van der Waals surface area contributed by atoms with E-state index in [0.717, 1.165) is 31.4 Å². The molecule has 2 fully saturated rings. The van der Waals surface area contributed by atoms with E-state index in [-0.39, 0.29) is 18.1 Å². The molecule has 0 bridgehead atoms. The maximum atomic E-state index is 12.2. The Morgan fingerprint density at radius 1 is 1.09 bits per heavy atom. The first kappa shape index (κ1) is 16.5. The summed E-state index contributed by atoms with van der Waals surface area (Å²) in [5.74, 6) is -0.195. The van der Waals surface area contributed by atoms with E-state index in [1.165, 1.54) is 12.1 Å². The van der Waals surface area contributed by atoms with Crippen molar-refractivity contribution in [3.63, 3.8) is 0 Å². The quantitative estimate of drug-likeness (QED) is 0.847. The summed E-state index contributed by atoms with van der Waals surface area (Å²) in [5, 5.41) is 0. The van der Waals surface area contributed by atoms with Gasteiger partial charge in [-0.05, 0) is 37.1 Å². The van der Waals surface area contributed by atoms with E-state index in [1.807, 2.05) is 0 Å². The van der Waals surface area contributed by atoms with Crippen molar-refractivity contribution in [3.05, 3.63) is 29.8 Å². The van der Waals surface area contributed by atoms with Crippen molar-refractivity contribution >= 4 is 0 Å². The Labute approximate surface area is 133 Å². The predicted octanol–water partition coefficient (Wildman–Crippen LogP) is 3.31. The fraction of sp³-hybridized carbons (Fsp3) is 0.625. The number of halogens is 3. The van der Waals surface area contributed by atoms with Gasteiger partial charge in [0.1, 0.15) is 5.75 Å². The van der Waals surface area contributed by atoms with E-state index in [9.17, 15) is 13.2 Å². The van der Waals surface area contributed by atoms with Gasteiger partial charge in [-0.3, -0.25) is 4.90 Å². The maximum Gasteiger partial charge on any atom is 0.573 e. The van der Waals surface area contributed by atoms with E-state index < -0.39 is 6.36 Å². The number of nitrogens with zero attached hydrogens (tertiary/aromatic N) is 1. The molecule has 0 amide bonds. The minimum Gasteiger partial charge on any atom is -0.406 e. The normalized spacial score (nSPS) is 24.0. The summed E-state index contributed by atoms with van der Waals surface area (Å²) < 4.78 is 51.7. The van der Waals surface area contributed by atoms with Crippen LogP contribution in [0.25, 0.3) is 0 Å². The molecule has 0 N–H and O–H groups in total. The third-order valence-electron chi connectivity index (χ3n) is 4.17. The minimum absolute atomic E-state index is 0.192. The average Bonchev–Trinajstić information content (AvgIpc) is 3.02. The lowest BCUT2D eigenvalue weighted by Crippen LogP contribution is -2.46. The first-order valence-electron chi connectivity index (χ1n) is 7.83. The first-order valence-corrected chi connectivity index (χ1v) is 7.83. The van der Waals surface area contributed by atoms with Crippen molar-refractivity contribution in [1.82, 2.24) is 4.90 Å². The Morgan fingerprint density at radius 3 is 2.43 bits per heavy atom. The number of rotatable bonds is 4. The van der Waals surface area contributed by atoms with Crippen molar-refractivity contribution in [2.45, 2.75) is 44.5 Å². The lowest BCUT2D eigenvalue weighted by Gasteiger charge is -2.38. The largest absolute Gasteiger partial charge is 0.573 e. The number of alkyl halides is 3. The van der Waals surface area contributed by atoms with Crippen molar-refractivity contribution in [2.24, 2.45) is 0 Å². The van der Waals surface area contributed by atoms with Gasteiger partial charge in [-0.2, -0.15) is 0 Å². The summed E-state index contributed by atoms with van der Waals surface area (Å²) in [5.41, 5.74) is 0.949. The molecule has 2 aliphatic heterocycles. The minimum atomic E-state index is -4.66. The maximum absolute atomic E-state index is 12.2. The van der Waals surface area contributed by atoms with Gasteiger partial charge in [0.05, 0.1) is 19.3 Å². The molecule has 7 heteroatoms. The highest BCUT2D eigenvalue weighted by molar-refractivity contribution is 5.27. The molecule has 1 unspecified atom stereocenters. The third kappa shape index (κ3) is 4.59. The summed E-state index contributed by atoms with van der Waals surface area (Å²) >= 11 is 0. The summed E-state index contributed by atoms with van der Waals surface area (Å²) in [6, 6.07) is 6.25. The Bertz CT molecular complexity index is 500. The van der Waals surface area contributed by atoms with Gasteiger partial charge in [0.15, 0.2) is 6.29 Å². The number of piperidine rings is 1. The molecule has 2 saturated heterocycles. The molecule has 0 radical (unpaired) electrons. The third-order valence-corrected chi connectivity index (χ3v) is 4.17. The number of benzene rings is 1. The molecule has 0 saturated carbocycles. The SMILES string of the molecule is FC(F)(F)Oc1ccc(CN2CCCCC2C2OCCO2)cc1. The van der Waals surface area contributed by atoms with Crippen molar-refractivity contribution in [1.29, 1.82) is 0 Å². The number of hydrogen-bond acceptors (Lipinski definition) is 4. The average molecular weight is 331 g/mol. The van der Waals surface area contributed by atoms with E-state index in [4.69, 9.17) is 9.47 Å². The van der Waals surface area contributed by atoms with Gasteiger partial charge in [0.25, 0.3) is 0 Å². The van der Waals surface area contributed by atoms with Gasteiger partial charge in [0.2, 0.25) is 0 Å². The zero-order valence-electron chi connectivity index (χ0n) is 12.7. The van der Waals surface area contributed by atoms with E-state index >= 15 is 0 Å². The van der Waals surface area contributed by atoms with Crippen LogP contribution < -0.4 is 4.74 Å². The van der Waals surface area contributed by atoms with Crippen LogP contribution in [0.5, 0.6) is 5.75 Å². The highest BCUT2D eigenvalue weighted by Gasteiger charge is 2.34. The van der Waals surface area contributed by atoms with E-state index in [0.29, 0.717) is 19.8 Å². The standard InChI is InChI=1S/C16H20F3NO3/c17-16(18,19)23-13-6-4-12(5-7-13)11-20-8-2-1-3-14(20)15-21-9-10-22-15/h4-7,14-15H,1-3,8-11H2. The highest BCUT2D eigenvalue weighted by atomic mass is 19.4. The second kappa shape index (κ2) is 7.07. The van der Waals surface area contributed by atoms with Gasteiger partial charge in [-0.15, -0.1) is 13.2 Å². The fourth-order valence-electron chi connectivity index (χ4n) is 3.15.